The molecule has 2 aliphatic rings. The van der Waals surface area contributed by atoms with E-state index in [0.717, 1.165) is 60.3 Å². The van der Waals surface area contributed by atoms with Crippen molar-refractivity contribution >= 4 is 10.8 Å². The van der Waals surface area contributed by atoms with Gasteiger partial charge in [-0.05, 0) is 117 Å². The molecular weight excluding hydrogens is 410 g/mol. The first-order valence-electron chi connectivity index (χ1n) is 13.6. The Kier molecular flexibility index (Phi) is 8.61. The molecule has 0 saturated heterocycles. The Morgan fingerprint density at radius 1 is 0.848 bits per heavy atom. The van der Waals surface area contributed by atoms with Crippen molar-refractivity contribution < 1.29 is 8.78 Å². The molecule has 0 radical (unpaired) electrons. The Morgan fingerprint density at radius 2 is 1.55 bits per heavy atom. The summed E-state index contributed by atoms with van der Waals surface area (Å²) in [7, 11) is 0. The van der Waals surface area contributed by atoms with Gasteiger partial charge in [0.2, 0.25) is 0 Å². The fourth-order valence-corrected chi connectivity index (χ4v) is 6.50. The van der Waals surface area contributed by atoms with E-state index in [-0.39, 0.29) is 0 Å². The van der Waals surface area contributed by atoms with Crippen molar-refractivity contribution in [3.63, 3.8) is 0 Å². The predicted molar refractivity (Wildman–Crippen MR) is 137 cm³/mol. The quantitative estimate of drug-likeness (QED) is 0.262. The molecule has 2 aromatic carbocycles. The molecule has 0 N–H and O–H groups in total. The van der Waals surface area contributed by atoms with Crippen molar-refractivity contribution in [3.8, 4) is 0 Å². The lowest BCUT2D eigenvalue weighted by atomic mass is 9.68. The van der Waals surface area contributed by atoms with Crippen molar-refractivity contribution in [2.45, 2.75) is 96.8 Å². The van der Waals surface area contributed by atoms with E-state index in [1.807, 2.05) is 18.2 Å². The minimum absolute atomic E-state index is 0.447. The second kappa shape index (κ2) is 11.6. The minimum atomic E-state index is -0.660. The van der Waals surface area contributed by atoms with Gasteiger partial charge in [-0.1, -0.05) is 50.8 Å². The summed E-state index contributed by atoms with van der Waals surface area (Å²) in [5, 5.41) is 1.28. The fourth-order valence-electron chi connectivity index (χ4n) is 6.50. The molecule has 0 aromatic heterocycles. The van der Waals surface area contributed by atoms with E-state index in [4.69, 9.17) is 0 Å². The number of hydrogen-bond donors (Lipinski definition) is 0. The van der Waals surface area contributed by atoms with Crippen molar-refractivity contribution in [1.82, 2.24) is 0 Å². The maximum absolute atomic E-state index is 14.8. The van der Waals surface area contributed by atoms with Gasteiger partial charge in [0, 0.05) is 5.39 Å². The van der Waals surface area contributed by atoms with Crippen LogP contribution in [0.3, 0.4) is 0 Å². The summed E-state index contributed by atoms with van der Waals surface area (Å²) in [6, 6.07) is 7.87. The normalized spacial score (nSPS) is 25.9. The number of benzene rings is 2. The van der Waals surface area contributed by atoms with Crippen LogP contribution >= 0.6 is 0 Å². The van der Waals surface area contributed by atoms with Crippen molar-refractivity contribution in [2.75, 3.05) is 0 Å². The largest absolute Gasteiger partial charge is 0.203 e. The maximum Gasteiger partial charge on any atom is 0.166 e. The highest BCUT2D eigenvalue weighted by Crippen LogP contribution is 2.42. The monoisotopic (exact) mass is 452 g/mol. The maximum atomic E-state index is 14.8. The van der Waals surface area contributed by atoms with Crippen LogP contribution in [0.5, 0.6) is 0 Å². The third-order valence-corrected chi connectivity index (χ3v) is 8.76. The molecule has 0 unspecified atom stereocenters. The topological polar surface area (TPSA) is 0 Å². The first-order valence-corrected chi connectivity index (χ1v) is 13.6. The fraction of sp³-hybridized carbons (Fsp3) is 0.613. The third-order valence-electron chi connectivity index (χ3n) is 8.76. The Balaban J connectivity index is 1.30. The number of halogens is 2. The average Bonchev–Trinajstić information content (AvgIpc) is 2.86. The molecule has 2 fully saturated rings. The molecule has 2 aromatic rings. The summed E-state index contributed by atoms with van der Waals surface area (Å²) in [5.74, 6) is 2.10. The van der Waals surface area contributed by atoms with Gasteiger partial charge in [-0.25, -0.2) is 8.78 Å². The van der Waals surface area contributed by atoms with Gasteiger partial charge in [0.25, 0.3) is 0 Å². The summed E-state index contributed by atoms with van der Waals surface area (Å²) < 4.78 is 29.4. The van der Waals surface area contributed by atoms with Crippen LogP contribution in [0, 0.1) is 35.3 Å². The van der Waals surface area contributed by atoms with E-state index in [1.54, 1.807) is 0 Å². The lowest BCUT2D eigenvalue weighted by molar-refractivity contribution is 0.153. The molecule has 0 atom stereocenters. The van der Waals surface area contributed by atoms with Crippen LogP contribution < -0.4 is 0 Å². The zero-order valence-corrected chi connectivity index (χ0v) is 20.6. The van der Waals surface area contributed by atoms with Gasteiger partial charge >= 0.3 is 0 Å². The van der Waals surface area contributed by atoms with Crippen molar-refractivity contribution in [3.05, 3.63) is 59.7 Å². The predicted octanol–water partition coefficient (Wildman–Crippen LogP) is 9.58. The summed E-state index contributed by atoms with van der Waals surface area (Å²) in [6.07, 6.45) is 18.9. The molecule has 2 heteroatoms. The minimum Gasteiger partial charge on any atom is -0.203 e. The summed E-state index contributed by atoms with van der Waals surface area (Å²) in [5.41, 5.74) is 1.67. The summed E-state index contributed by atoms with van der Waals surface area (Å²) in [6.45, 7) is 6.11. The van der Waals surface area contributed by atoms with Crippen molar-refractivity contribution in [1.29, 1.82) is 0 Å². The van der Waals surface area contributed by atoms with Crippen LogP contribution in [0.2, 0.25) is 0 Å². The zero-order valence-electron chi connectivity index (χ0n) is 20.6. The zero-order chi connectivity index (χ0) is 23.2. The van der Waals surface area contributed by atoms with Crippen LogP contribution in [0.15, 0.2) is 36.9 Å². The average molecular weight is 453 g/mol. The molecule has 0 nitrogen and oxygen atoms in total. The number of rotatable bonds is 9. The lowest BCUT2D eigenvalue weighted by Crippen LogP contribution is -2.25. The highest BCUT2D eigenvalue weighted by Gasteiger charge is 2.30. The number of aryl methyl sites for hydroxylation is 2. The van der Waals surface area contributed by atoms with Crippen LogP contribution in [0.25, 0.3) is 10.8 Å². The first kappa shape index (κ1) is 24.4. The molecule has 2 aliphatic carbocycles. The Hall–Kier alpha value is -1.70. The van der Waals surface area contributed by atoms with Crippen molar-refractivity contribution in [2.24, 2.45) is 23.7 Å². The SMILES string of the molecule is C=CC1CCC(C2CCC(CCc3ccc4cc(CCCCC)c(F)c(F)c4c3)CC2)CC1. The highest BCUT2D eigenvalue weighted by atomic mass is 19.2. The molecule has 2 saturated carbocycles. The Bertz CT molecular complexity index is 914. The molecule has 0 aliphatic heterocycles. The van der Waals surface area contributed by atoms with Crippen LogP contribution in [0.1, 0.15) is 95.1 Å². The molecule has 33 heavy (non-hydrogen) atoms. The highest BCUT2D eigenvalue weighted by molar-refractivity contribution is 5.84. The smallest absolute Gasteiger partial charge is 0.166 e. The van der Waals surface area contributed by atoms with Gasteiger partial charge in [-0.3, -0.25) is 0 Å². The van der Waals surface area contributed by atoms with Crippen LogP contribution in [-0.2, 0) is 12.8 Å². The summed E-state index contributed by atoms with van der Waals surface area (Å²) in [4.78, 5) is 0. The molecule has 4 rings (SSSR count). The number of hydrogen-bond acceptors (Lipinski definition) is 0. The van der Waals surface area contributed by atoms with E-state index in [9.17, 15) is 8.78 Å². The van der Waals surface area contributed by atoms with E-state index >= 15 is 0 Å². The molecule has 180 valence electrons. The second-order valence-corrected chi connectivity index (χ2v) is 10.9. The first-order chi connectivity index (χ1) is 16.1. The van der Waals surface area contributed by atoms with Gasteiger partial charge in [0.15, 0.2) is 11.6 Å². The number of fused-ring (bicyclic) bond motifs is 1. The van der Waals surface area contributed by atoms with Gasteiger partial charge in [-0.2, -0.15) is 0 Å². The summed E-state index contributed by atoms with van der Waals surface area (Å²) >= 11 is 0. The third kappa shape index (κ3) is 6.06. The molecule has 0 spiro atoms. The van der Waals surface area contributed by atoms with E-state index in [1.165, 1.54) is 57.8 Å². The van der Waals surface area contributed by atoms with E-state index in [0.29, 0.717) is 17.4 Å². The van der Waals surface area contributed by atoms with Gasteiger partial charge in [0.05, 0.1) is 0 Å². The van der Waals surface area contributed by atoms with Gasteiger partial charge < -0.3 is 0 Å². The van der Waals surface area contributed by atoms with Crippen LogP contribution in [-0.4, -0.2) is 0 Å². The van der Waals surface area contributed by atoms with Crippen LogP contribution in [0.4, 0.5) is 8.78 Å². The molecular formula is C31H42F2. The van der Waals surface area contributed by atoms with E-state index < -0.39 is 11.6 Å². The van der Waals surface area contributed by atoms with Gasteiger partial charge in [-0.15, -0.1) is 6.58 Å². The molecule has 0 bridgehead atoms. The Labute approximate surface area is 199 Å². The van der Waals surface area contributed by atoms with E-state index in [2.05, 4.69) is 25.6 Å². The lowest BCUT2D eigenvalue weighted by Gasteiger charge is -2.37. The Morgan fingerprint density at radius 3 is 2.21 bits per heavy atom. The molecule has 0 amide bonds. The number of allylic oxidation sites excluding steroid dienone is 1. The molecule has 0 heterocycles. The number of unbranched alkanes of at least 4 members (excludes halogenated alkanes) is 2. The second-order valence-electron chi connectivity index (χ2n) is 10.9. The van der Waals surface area contributed by atoms with Gasteiger partial charge in [0.1, 0.15) is 0 Å². The standard InChI is InChI=1S/C31H42F2/c1-3-5-6-7-28-21-27-19-14-24(20-29(27)31(33)30(28)32)9-8-23-12-17-26(18-13-23)25-15-10-22(4-2)11-16-25/h4,14,19-23,25-26H,2-3,5-13,15-18H2,1H3.